The molecule has 0 spiro atoms. The molecule has 8 heteroatoms. The van der Waals surface area contributed by atoms with Crippen LogP contribution in [0.3, 0.4) is 0 Å². The van der Waals surface area contributed by atoms with Crippen molar-refractivity contribution in [3.05, 3.63) is 35.4 Å². The molecule has 0 radical (unpaired) electrons. The number of hydrogen-bond donors (Lipinski definition) is 1. The third kappa shape index (κ3) is 3.56. The molecule has 2 saturated heterocycles. The molecule has 26 heavy (non-hydrogen) atoms. The number of hydrogen-bond acceptors (Lipinski definition) is 3. The molecule has 2 heterocycles. The number of likely N-dealkylation sites (tertiary alicyclic amines) is 2. The van der Waals surface area contributed by atoms with Gasteiger partial charge >= 0.3 is 6.18 Å². The number of carbonyl (C=O) groups is 2. The Morgan fingerprint density at radius 3 is 2.38 bits per heavy atom. The van der Waals surface area contributed by atoms with Gasteiger partial charge in [-0.25, -0.2) is 0 Å². The van der Waals surface area contributed by atoms with E-state index in [-0.39, 0.29) is 24.3 Å². The zero-order valence-electron chi connectivity index (χ0n) is 14.5. The maximum atomic E-state index is 13.0. The lowest BCUT2D eigenvalue weighted by molar-refractivity contribution is -0.146. The van der Waals surface area contributed by atoms with Gasteiger partial charge in [0.15, 0.2) is 0 Å². The molecule has 5 nitrogen and oxygen atoms in total. The molecular weight excluding hydrogens is 347 g/mol. The number of benzene rings is 1. The van der Waals surface area contributed by atoms with Crippen molar-refractivity contribution in [1.29, 1.82) is 0 Å². The molecule has 142 valence electrons. The minimum Gasteiger partial charge on any atom is -0.341 e. The van der Waals surface area contributed by atoms with Gasteiger partial charge in [0, 0.05) is 32.6 Å². The Hall–Kier alpha value is -2.09. The first-order valence-electron chi connectivity index (χ1n) is 8.65. The van der Waals surface area contributed by atoms with Gasteiger partial charge in [0.05, 0.1) is 17.5 Å². The molecule has 0 aromatic heterocycles. The Kier molecular flexibility index (Phi) is 4.96. The first-order chi connectivity index (χ1) is 12.2. The Labute approximate surface area is 149 Å². The number of halogens is 3. The number of nitrogens with zero attached hydrogens (tertiary/aromatic N) is 2. The summed E-state index contributed by atoms with van der Waals surface area (Å²) in [4.78, 5) is 28.3. The van der Waals surface area contributed by atoms with Crippen LogP contribution in [0.1, 0.15) is 36.4 Å². The van der Waals surface area contributed by atoms with Gasteiger partial charge in [-0.2, -0.15) is 13.2 Å². The molecule has 0 bridgehead atoms. The highest BCUT2D eigenvalue weighted by molar-refractivity contribution is 5.85. The molecule has 3 rings (SSSR count). The van der Waals surface area contributed by atoms with Gasteiger partial charge in [-0.15, -0.1) is 0 Å². The third-order valence-electron chi connectivity index (χ3n) is 5.29. The molecule has 2 fully saturated rings. The van der Waals surface area contributed by atoms with Crippen molar-refractivity contribution < 1.29 is 22.8 Å². The van der Waals surface area contributed by atoms with E-state index in [2.05, 4.69) is 0 Å². The summed E-state index contributed by atoms with van der Waals surface area (Å²) in [6.45, 7) is 1.06. The largest absolute Gasteiger partial charge is 0.416 e. The molecule has 1 aromatic rings. The first-order valence-corrected chi connectivity index (χ1v) is 8.65. The lowest BCUT2D eigenvalue weighted by atomic mass is 9.83. The maximum Gasteiger partial charge on any atom is 0.416 e. The van der Waals surface area contributed by atoms with E-state index in [1.165, 1.54) is 17.0 Å². The van der Waals surface area contributed by atoms with Gasteiger partial charge in [-0.05, 0) is 30.5 Å². The van der Waals surface area contributed by atoms with Crippen LogP contribution in [0.25, 0.3) is 0 Å². The molecule has 0 aliphatic carbocycles. The highest BCUT2D eigenvalue weighted by Gasteiger charge is 2.42. The average Bonchev–Trinajstić information content (AvgIpc) is 3.02. The van der Waals surface area contributed by atoms with Gasteiger partial charge in [0.1, 0.15) is 0 Å². The van der Waals surface area contributed by atoms with Crippen molar-refractivity contribution in [2.45, 2.75) is 37.5 Å². The van der Waals surface area contributed by atoms with Crippen molar-refractivity contribution in [2.75, 3.05) is 20.1 Å². The van der Waals surface area contributed by atoms with E-state index in [4.69, 9.17) is 5.73 Å². The molecule has 2 N–H and O–H groups in total. The lowest BCUT2D eigenvalue weighted by Gasteiger charge is -2.40. The summed E-state index contributed by atoms with van der Waals surface area (Å²) < 4.78 is 38.4. The zero-order chi connectivity index (χ0) is 19.1. The smallest absolute Gasteiger partial charge is 0.341 e. The monoisotopic (exact) mass is 369 g/mol. The fourth-order valence-electron chi connectivity index (χ4n) is 3.84. The number of alkyl halides is 3. The van der Waals surface area contributed by atoms with E-state index >= 15 is 0 Å². The van der Waals surface area contributed by atoms with Crippen molar-refractivity contribution in [2.24, 2.45) is 11.7 Å². The summed E-state index contributed by atoms with van der Waals surface area (Å²) >= 11 is 0. The van der Waals surface area contributed by atoms with E-state index in [0.717, 1.165) is 18.6 Å². The average molecular weight is 369 g/mol. The molecular formula is C18H22F3N3O2. The van der Waals surface area contributed by atoms with Crippen molar-refractivity contribution in [3.8, 4) is 0 Å². The SMILES string of the molecule is CN1C(=O)CCC(C(=O)N2CC[C@H](N)C2)C1c1ccc(C(F)(F)F)cc1. The number of rotatable bonds is 2. The topological polar surface area (TPSA) is 66.6 Å². The second-order valence-corrected chi connectivity index (χ2v) is 7.05. The van der Waals surface area contributed by atoms with Crippen LogP contribution in [0.2, 0.25) is 0 Å². The fraction of sp³-hybridized carbons (Fsp3) is 0.556. The maximum absolute atomic E-state index is 13.0. The van der Waals surface area contributed by atoms with E-state index in [1.54, 1.807) is 11.9 Å². The predicted octanol–water partition coefficient (Wildman–Crippen LogP) is 2.17. The summed E-state index contributed by atoms with van der Waals surface area (Å²) in [7, 11) is 1.60. The standard InChI is InChI=1S/C18H22F3N3O2/c1-23-15(25)7-6-14(17(26)24-9-8-13(22)10-24)16(23)11-2-4-12(5-3-11)18(19,20)21/h2-5,13-14,16H,6-10,22H2,1H3/t13-,14?,16?/m0/s1. The van der Waals surface area contributed by atoms with Crippen LogP contribution in [0.4, 0.5) is 13.2 Å². The van der Waals surface area contributed by atoms with E-state index < -0.39 is 23.7 Å². The summed E-state index contributed by atoms with van der Waals surface area (Å²) in [6, 6.07) is 4.09. The van der Waals surface area contributed by atoms with Crippen LogP contribution in [-0.4, -0.2) is 47.8 Å². The highest BCUT2D eigenvalue weighted by atomic mass is 19.4. The van der Waals surface area contributed by atoms with Crippen LogP contribution < -0.4 is 5.73 Å². The van der Waals surface area contributed by atoms with Gasteiger partial charge < -0.3 is 15.5 Å². The Bertz CT molecular complexity index is 690. The Morgan fingerprint density at radius 2 is 1.85 bits per heavy atom. The normalized spacial score (nSPS) is 27.1. The zero-order valence-corrected chi connectivity index (χ0v) is 14.5. The van der Waals surface area contributed by atoms with Crippen LogP contribution in [0.5, 0.6) is 0 Å². The second-order valence-electron chi connectivity index (χ2n) is 7.05. The molecule has 2 aliphatic rings. The highest BCUT2D eigenvalue weighted by Crippen LogP contribution is 2.38. The number of piperidine rings is 1. The van der Waals surface area contributed by atoms with Crippen LogP contribution >= 0.6 is 0 Å². The lowest BCUT2D eigenvalue weighted by Crippen LogP contribution is -2.47. The number of nitrogens with two attached hydrogens (primary N) is 1. The van der Waals surface area contributed by atoms with Crippen LogP contribution in [-0.2, 0) is 15.8 Å². The van der Waals surface area contributed by atoms with E-state index in [9.17, 15) is 22.8 Å². The minimum absolute atomic E-state index is 0.0496. The third-order valence-corrected chi connectivity index (χ3v) is 5.29. The fourth-order valence-corrected chi connectivity index (χ4v) is 3.84. The number of carbonyl (C=O) groups excluding carboxylic acids is 2. The van der Waals surface area contributed by atoms with E-state index in [0.29, 0.717) is 25.1 Å². The minimum atomic E-state index is -4.42. The van der Waals surface area contributed by atoms with Gasteiger partial charge in [0.25, 0.3) is 0 Å². The van der Waals surface area contributed by atoms with Crippen LogP contribution in [0, 0.1) is 5.92 Å². The molecule has 0 saturated carbocycles. The quantitative estimate of drug-likeness (QED) is 0.869. The first kappa shape index (κ1) is 18.7. The van der Waals surface area contributed by atoms with Gasteiger partial charge in [0.2, 0.25) is 11.8 Å². The van der Waals surface area contributed by atoms with Crippen molar-refractivity contribution in [1.82, 2.24) is 9.80 Å². The molecule has 2 aliphatic heterocycles. The Balaban J connectivity index is 1.88. The summed E-state index contributed by atoms with van der Waals surface area (Å²) in [5.41, 5.74) is 5.67. The summed E-state index contributed by atoms with van der Waals surface area (Å²) in [5, 5.41) is 0. The van der Waals surface area contributed by atoms with Crippen molar-refractivity contribution >= 4 is 11.8 Å². The second kappa shape index (κ2) is 6.90. The molecule has 3 atom stereocenters. The molecule has 2 unspecified atom stereocenters. The number of amides is 2. The summed E-state index contributed by atoms with van der Waals surface area (Å²) in [6.07, 6.45) is -3.05. The predicted molar refractivity (Wildman–Crippen MR) is 88.9 cm³/mol. The Morgan fingerprint density at radius 1 is 1.19 bits per heavy atom. The van der Waals surface area contributed by atoms with Gasteiger partial charge in [-0.3, -0.25) is 9.59 Å². The molecule has 1 aromatic carbocycles. The van der Waals surface area contributed by atoms with Gasteiger partial charge in [-0.1, -0.05) is 12.1 Å². The van der Waals surface area contributed by atoms with E-state index in [1.807, 2.05) is 0 Å². The molecule has 2 amide bonds. The summed E-state index contributed by atoms with van der Waals surface area (Å²) in [5.74, 6) is -0.668. The van der Waals surface area contributed by atoms with Crippen molar-refractivity contribution in [3.63, 3.8) is 0 Å². The van der Waals surface area contributed by atoms with Crippen LogP contribution in [0.15, 0.2) is 24.3 Å².